The second-order valence-corrected chi connectivity index (χ2v) is 4.40. The molecule has 0 unspecified atom stereocenters. The molecule has 5 heteroatoms. The lowest BCUT2D eigenvalue weighted by atomic mass is 10.2. The van der Waals surface area contributed by atoms with Crippen LogP contribution in [0.1, 0.15) is 17.5 Å². The second kappa shape index (κ2) is 6.53. The number of rotatable bonds is 5. The molecule has 2 aromatic rings. The molecule has 0 aliphatic heterocycles. The molecule has 0 radical (unpaired) electrons. The van der Waals surface area contributed by atoms with Gasteiger partial charge in [0, 0.05) is 19.0 Å². The maximum atomic E-state index is 11.6. The molecule has 20 heavy (non-hydrogen) atoms. The molecule has 102 valence electrons. The van der Waals surface area contributed by atoms with Crippen LogP contribution in [0.5, 0.6) is 5.75 Å². The summed E-state index contributed by atoms with van der Waals surface area (Å²) in [5.41, 5.74) is 1.26. The maximum absolute atomic E-state index is 11.6. The molecule has 1 aromatic carbocycles. The lowest BCUT2D eigenvalue weighted by molar-refractivity contribution is 0.296. The summed E-state index contributed by atoms with van der Waals surface area (Å²) in [6.45, 7) is 2.76. The molecule has 0 bridgehead atoms. The summed E-state index contributed by atoms with van der Waals surface area (Å²) in [5, 5.41) is 13.0. The van der Waals surface area contributed by atoms with Gasteiger partial charge in [0.05, 0.1) is 18.4 Å². The molecule has 1 heterocycles. The molecule has 0 aliphatic carbocycles. The van der Waals surface area contributed by atoms with Gasteiger partial charge in [-0.05, 0) is 24.6 Å². The average Bonchev–Trinajstić information content (AvgIpc) is 2.46. The fourth-order valence-corrected chi connectivity index (χ4v) is 1.77. The lowest BCUT2D eigenvalue weighted by Crippen LogP contribution is -2.23. The van der Waals surface area contributed by atoms with E-state index in [2.05, 4.69) is 11.2 Å². The zero-order valence-electron chi connectivity index (χ0n) is 11.2. The Morgan fingerprint density at radius 3 is 2.95 bits per heavy atom. The monoisotopic (exact) mass is 269 g/mol. The number of hydrogen-bond acceptors (Lipinski definition) is 4. The summed E-state index contributed by atoms with van der Waals surface area (Å²) < 4.78 is 6.96. The molecule has 0 fully saturated rings. The molecule has 5 nitrogen and oxygen atoms in total. The van der Waals surface area contributed by atoms with E-state index in [-0.39, 0.29) is 5.56 Å². The molecule has 0 aliphatic rings. The third-order valence-corrected chi connectivity index (χ3v) is 2.79. The van der Waals surface area contributed by atoms with Gasteiger partial charge in [0.15, 0.2) is 0 Å². The number of nitrogens with zero attached hydrogens (tertiary/aromatic N) is 3. The first-order valence-corrected chi connectivity index (χ1v) is 6.36. The van der Waals surface area contributed by atoms with Gasteiger partial charge in [0.1, 0.15) is 11.8 Å². The van der Waals surface area contributed by atoms with Crippen molar-refractivity contribution in [2.24, 2.45) is 0 Å². The van der Waals surface area contributed by atoms with E-state index in [0.29, 0.717) is 30.9 Å². The van der Waals surface area contributed by atoms with Gasteiger partial charge in [-0.2, -0.15) is 10.4 Å². The van der Waals surface area contributed by atoms with Crippen molar-refractivity contribution in [3.8, 4) is 11.8 Å². The number of aromatic nitrogens is 2. The Labute approximate surface area is 117 Å². The van der Waals surface area contributed by atoms with E-state index >= 15 is 0 Å². The maximum Gasteiger partial charge on any atom is 0.266 e. The van der Waals surface area contributed by atoms with E-state index in [0.717, 1.165) is 5.56 Å². The Morgan fingerprint density at radius 2 is 2.20 bits per heavy atom. The number of aryl methyl sites for hydroxylation is 2. The summed E-state index contributed by atoms with van der Waals surface area (Å²) >= 11 is 0. The molecular formula is C15H15N3O2. The Hall–Kier alpha value is -2.61. The summed E-state index contributed by atoms with van der Waals surface area (Å²) in [7, 11) is 0. The van der Waals surface area contributed by atoms with Crippen LogP contribution in [0.3, 0.4) is 0 Å². The smallest absolute Gasteiger partial charge is 0.266 e. The van der Waals surface area contributed by atoms with Crippen LogP contribution < -0.4 is 10.3 Å². The molecule has 2 rings (SSSR count). The van der Waals surface area contributed by atoms with Gasteiger partial charge in [-0.15, -0.1) is 0 Å². The van der Waals surface area contributed by atoms with Gasteiger partial charge < -0.3 is 4.74 Å². The number of nitriles is 1. The van der Waals surface area contributed by atoms with Crippen LogP contribution in [0.2, 0.25) is 0 Å². The quantitative estimate of drug-likeness (QED) is 0.777. The molecule has 0 saturated heterocycles. The van der Waals surface area contributed by atoms with Crippen molar-refractivity contribution in [2.45, 2.75) is 19.9 Å². The van der Waals surface area contributed by atoms with Gasteiger partial charge in [0.25, 0.3) is 5.56 Å². The standard InChI is InChI=1S/C15H15N3O2/c1-12-9-15(19)18(17-11-12)7-4-8-20-14-6-3-2-5-13(14)10-16/h2-3,5-6,9,11H,4,7-8H2,1H3. The Bertz CT molecular complexity index is 686. The van der Waals surface area contributed by atoms with Crippen LogP contribution in [0, 0.1) is 18.3 Å². The summed E-state index contributed by atoms with van der Waals surface area (Å²) in [4.78, 5) is 11.6. The molecule has 0 N–H and O–H groups in total. The molecule has 0 spiro atoms. The highest BCUT2D eigenvalue weighted by Gasteiger charge is 2.02. The largest absolute Gasteiger partial charge is 0.492 e. The normalized spacial score (nSPS) is 10.0. The van der Waals surface area contributed by atoms with E-state index in [1.165, 1.54) is 4.68 Å². The summed E-state index contributed by atoms with van der Waals surface area (Å²) in [6.07, 6.45) is 2.31. The Kier molecular flexibility index (Phi) is 4.51. The van der Waals surface area contributed by atoms with Crippen molar-refractivity contribution in [3.05, 3.63) is 58.0 Å². The fourth-order valence-electron chi connectivity index (χ4n) is 1.77. The molecule has 0 atom stereocenters. The SMILES string of the molecule is Cc1cnn(CCCOc2ccccc2C#N)c(=O)c1. The van der Waals surface area contributed by atoms with Gasteiger partial charge in [-0.25, -0.2) is 4.68 Å². The zero-order valence-corrected chi connectivity index (χ0v) is 11.2. The first kappa shape index (κ1) is 13.8. The number of hydrogen-bond donors (Lipinski definition) is 0. The third kappa shape index (κ3) is 3.45. The van der Waals surface area contributed by atoms with Gasteiger partial charge >= 0.3 is 0 Å². The second-order valence-electron chi connectivity index (χ2n) is 4.40. The van der Waals surface area contributed by atoms with Crippen molar-refractivity contribution in [1.82, 2.24) is 9.78 Å². The first-order valence-electron chi connectivity index (χ1n) is 6.36. The minimum Gasteiger partial charge on any atom is -0.492 e. The third-order valence-electron chi connectivity index (χ3n) is 2.79. The predicted octanol–water partition coefficient (Wildman–Crippen LogP) is 1.89. The van der Waals surface area contributed by atoms with E-state index in [1.807, 2.05) is 13.0 Å². The summed E-state index contributed by atoms with van der Waals surface area (Å²) in [6, 6.07) is 10.7. The minimum atomic E-state index is -0.109. The van der Waals surface area contributed by atoms with Crippen molar-refractivity contribution in [1.29, 1.82) is 5.26 Å². The van der Waals surface area contributed by atoms with E-state index in [4.69, 9.17) is 10.00 Å². The van der Waals surface area contributed by atoms with Crippen molar-refractivity contribution >= 4 is 0 Å². The van der Waals surface area contributed by atoms with Crippen LogP contribution in [-0.2, 0) is 6.54 Å². The van der Waals surface area contributed by atoms with Gasteiger partial charge in [0.2, 0.25) is 0 Å². The zero-order chi connectivity index (χ0) is 14.4. The van der Waals surface area contributed by atoms with E-state index in [9.17, 15) is 4.79 Å². The molecule has 0 amide bonds. The van der Waals surface area contributed by atoms with Crippen LogP contribution in [0.15, 0.2) is 41.3 Å². The highest BCUT2D eigenvalue weighted by atomic mass is 16.5. The predicted molar refractivity (Wildman–Crippen MR) is 74.5 cm³/mol. The molecular weight excluding hydrogens is 254 g/mol. The van der Waals surface area contributed by atoms with Crippen LogP contribution in [0.4, 0.5) is 0 Å². The Morgan fingerprint density at radius 1 is 1.40 bits per heavy atom. The number of ether oxygens (including phenoxy) is 1. The van der Waals surface area contributed by atoms with E-state index < -0.39 is 0 Å². The van der Waals surface area contributed by atoms with Crippen LogP contribution in [0.25, 0.3) is 0 Å². The summed E-state index contributed by atoms with van der Waals surface area (Å²) in [5.74, 6) is 0.569. The number of benzene rings is 1. The number of para-hydroxylation sites is 1. The first-order chi connectivity index (χ1) is 9.70. The van der Waals surface area contributed by atoms with Crippen molar-refractivity contribution in [2.75, 3.05) is 6.61 Å². The van der Waals surface area contributed by atoms with E-state index in [1.54, 1.807) is 30.5 Å². The van der Waals surface area contributed by atoms with Crippen LogP contribution in [-0.4, -0.2) is 16.4 Å². The van der Waals surface area contributed by atoms with Gasteiger partial charge in [-0.1, -0.05) is 12.1 Å². The van der Waals surface area contributed by atoms with Gasteiger partial charge in [-0.3, -0.25) is 4.79 Å². The minimum absolute atomic E-state index is 0.109. The van der Waals surface area contributed by atoms with Crippen molar-refractivity contribution in [3.63, 3.8) is 0 Å². The topological polar surface area (TPSA) is 67.9 Å². The molecule has 1 aromatic heterocycles. The van der Waals surface area contributed by atoms with Crippen LogP contribution >= 0.6 is 0 Å². The highest BCUT2D eigenvalue weighted by molar-refractivity contribution is 5.42. The average molecular weight is 269 g/mol. The lowest BCUT2D eigenvalue weighted by Gasteiger charge is -2.08. The Balaban J connectivity index is 1.88. The highest BCUT2D eigenvalue weighted by Crippen LogP contribution is 2.16. The molecule has 0 saturated carbocycles. The van der Waals surface area contributed by atoms with Crippen molar-refractivity contribution < 1.29 is 4.74 Å². The fraction of sp³-hybridized carbons (Fsp3) is 0.267.